The molecule has 1 amide bonds. The summed E-state index contributed by atoms with van der Waals surface area (Å²) < 4.78 is 0. The molecule has 1 atom stereocenters. The third-order valence-electron chi connectivity index (χ3n) is 3.28. The minimum Gasteiger partial charge on any atom is -0.368 e. The number of hydrogen-bond donors (Lipinski definition) is 2. The Kier molecular flexibility index (Phi) is 4.17. The number of piperazine rings is 1. The molecule has 0 bridgehead atoms. The van der Waals surface area contributed by atoms with Gasteiger partial charge in [-0.05, 0) is 12.1 Å². The van der Waals surface area contributed by atoms with Crippen LogP contribution in [0.3, 0.4) is 0 Å². The van der Waals surface area contributed by atoms with Crippen molar-refractivity contribution in [2.45, 2.75) is 6.04 Å². The van der Waals surface area contributed by atoms with E-state index in [0.717, 1.165) is 13.1 Å². The zero-order valence-electron chi connectivity index (χ0n) is 10.5. The molecule has 1 aromatic carbocycles. The molecule has 18 heavy (non-hydrogen) atoms. The van der Waals surface area contributed by atoms with Gasteiger partial charge in [-0.25, -0.2) is 0 Å². The number of nitrogens with zero attached hydrogens (tertiary/aromatic N) is 2. The lowest BCUT2D eigenvalue weighted by atomic mass is 10.2. The summed E-state index contributed by atoms with van der Waals surface area (Å²) in [6.45, 7) is 3.31. The third-order valence-corrected chi connectivity index (χ3v) is 3.28. The van der Waals surface area contributed by atoms with Crippen molar-refractivity contribution >= 4 is 11.6 Å². The lowest BCUT2D eigenvalue weighted by molar-refractivity contribution is -0.132. The molecule has 0 unspecified atom stereocenters. The average Bonchev–Trinajstić information content (AvgIpc) is 2.47. The molecule has 5 nitrogen and oxygen atoms in total. The van der Waals surface area contributed by atoms with Gasteiger partial charge in [0, 0.05) is 38.4 Å². The Hall–Kier alpha value is -1.59. The Bertz CT molecular complexity index is 387. The number of hydrogen-bond acceptors (Lipinski definition) is 4. The van der Waals surface area contributed by atoms with E-state index in [9.17, 15) is 4.79 Å². The van der Waals surface area contributed by atoms with Crippen LogP contribution in [0.25, 0.3) is 0 Å². The number of rotatable bonds is 3. The highest BCUT2D eigenvalue weighted by atomic mass is 16.2. The molecule has 0 spiro atoms. The minimum atomic E-state index is -0.562. The molecular formula is C13H20N4O. The van der Waals surface area contributed by atoms with Gasteiger partial charge in [-0.15, -0.1) is 0 Å². The summed E-state index contributed by atoms with van der Waals surface area (Å²) in [6.07, 6.45) is 0. The number of carbonyl (C=O) groups excluding carboxylic acids is 1. The zero-order chi connectivity index (χ0) is 13.0. The molecule has 0 radical (unpaired) electrons. The second-order valence-electron chi connectivity index (χ2n) is 4.49. The zero-order valence-corrected chi connectivity index (χ0v) is 10.5. The molecule has 2 rings (SSSR count). The van der Waals surface area contributed by atoms with Crippen molar-refractivity contribution in [3.8, 4) is 0 Å². The average molecular weight is 248 g/mol. The van der Waals surface area contributed by atoms with Crippen LogP contribution < -0.4 is 16.4 Å². The van der Waals surface area contributed by atoms with Crippen LogP contribution in [0.5, 0.6) is 0 Å². The Labute approximate surface area is 107 Å². The third kappa shape index (κ3) is 2.80. The van der Waals surface area contributed by atoms with Crippen molar-refractivity contribution in [1.82, 2.24) is 4.90 Å². The van der Waals surface area contributed by atoms with Gasteiger partial charge in [0.2, 0.25) is 5.91 Å². The van der Waals surface area contributed by atoms with Crippen LogP contribution in [0.4, 0.5) is 5.69 Å². The van der Waals surface area contributed by atoms with Gasteiger partial charge >= 0.3 is 0 Å². The van der Waals surface area contributed by atoms with Crippen molar-refractivity contribution in [2.75, 3.05) is 37.6 Å². The Morgan fingerprint density at radius 1 is 1.17 bits per heavy atom. The van der Waals surface area contributed by atoms with Crippen LogP contribution in [0.1, 0.15) is 0 Å². The number of anilines is 1. The lowest BCUT2D eigenvalue weighted by Crippen LogP contribution is -2.54. The van der Waals surface area contributed by atoms with Gasteiger partial charge in [0.1, 0.15) is 0 Å². The van der Waals surface area contributed by atoms with Crippen LogP contribution in [0.15, 0.2) is 30.3 Å². The Balaban J connectivity index is 1.90. The standard InChI is InChI=1S/C13H20N4O/c14-10-12(15)13(18)17-8-6-16(7-9-17)11-4-2-1-3-5-11/h1-5,12H,6-10,14-15H2/t12-/m1/s1. The Morgan fingerprint density at radius 3 is 2.33 bits per heavy atom. The first kappa shape index (κ1) is 12.9. The number of nitrogens with two attached hydrogens (primary N) is 2. The smallest absolute Gasteiger partial charge is 0.240 e. The summed E-state index contributed by atoms with van der Waals surface area (Å²) in [5.41, 5.74) is 12.3. The molecular weight excluding hydrogens is 228 g/mol. The topological polar surface area (TPSA) is 75.6 Å². The first-order valence-corrected chi connectivity index (χ1v) is 6.27. The van der Waals surface area contributed by atoms with E-state index in [1.165, 1.54) is 5.69 Å². The predicted octanol–water partition coefficient (Wildman–Crippen LogP) is -0.379. The molecule has 1 aromatic rings. The first-order chi connectivity index (χ1) is 8.72. The van der Waals surface area contributed by atoms with Crippen molar-refractivity contribution < 1.29 is 4.79 Å². The SMILES string of the molecule is NC[C@@H](N)C(=O)N1CCN(c2ccccc2)CC1. The summed E-state index contributed by atoms with van der Waals surface area (Å²) in [4.78, 5) is 16.0. The monoisotopic (exact) mass is 248 g/mol. The molecule has 1 fully saturated rings. The van der Waals surface area contributed by atoms with Gasteiger partial charge in [0.25, 0.3) is 0 Å². The van der Waals surface area contributed by atoms with Crippen LogP contribution in [-0.4, -0.2) is 49.6 Å². The molecule has 1 saturated heterocycles. The van der Waals surface area contributed by atoms with Crippen molar-refractivity contribution in [3.05, 3.63) is 30.3 Å². The van der Waals surface area contributed by atoms with E-state index >= 15 is 0 Å². The van der Waals surface area contributed by atoms with Gasteiger partial charge in [-0.2, -0.15) is 0 Å². The van der Waals surface area contributed by atoms with E-state index < -0.39 is 6.04 Å². The van der Waals surface area contributed by atoms with E-state index in [4.69, 9.17) is 11.5 Å². The summed E-state index contributed by atoms with van der Waals surface area (Å²) in [7, 11) is 0. The normalized spacial score (nSPS) is 17.7. The molecule has 0 aliphatic carbocycles. The summed E-state index contributed by atoms with van der Waals surface area (Å²) in [5.74, 6) is -0.0368. The fourth-order valence-corrected chi connectivity index (χ4v) is 2.16. The molecule has 1 aliphatic heterocycles. The maximum absolute atomic E-state index is 11.9. The van der Waals surface area contributed by atoms with Gasteiger partial charge in [0.05, 0.1) is 6.04 Å². The largest absolute Gasteiger partial charge is 0.368 e. The molecule has 4 N–H and O–H groups in total. The Morgan fingerprint density at radius 2 is 1.78 bits per heavy atom. The molecule has 5 heteroatoms. The lowest BCUT2D eigenvalue weighted by Gasteiger charge is -2.37. The highest BCUT2D eigenvalue weighted by Gasteiger charge is 2.24. The molecule has 1 heterocycles. The van der Waals surface area contributed by atoms with Gasteiger partial charge in [0.15, 0.2) is 0 Å². The first-order valence-electron chi connectivity index (χ1n) is 6.27. The van der Waals surface area contributed by atoms with Crippen LogP contribution in [0.2, 0.25) is 0 Å². The van der Waals surface area contributed by atoms with Crippen molar-refractivity contribution in [1.29, 1.82) is 0 Å². The number of benzene rings is 1. The number of amides is 1. The van der Waals surface area contributed by atoms with Crippen LogP contribution in [0, 0.1) is 0 Å². The van der Waals surface area contributed by atoms with E-state index in [-0.39, 0.29) is 12.5 Å². The van der Waals surface area contributed by atoms with Gasteiger partial charge in [-0.1, -0.05) is 18.2 Å². The van der Waals surface area contributed by atoms with Crippen molar-refractivity contribution in [3.63, 3.8) is 0 Å². The second kappa shape index (κ2) is 5.84. The molecule has 1 aliphatic rings. The molecule has 98 valence electrons. The van der Waals surface area contributed by atoms with E-state index in [1.807, 2.05) is 18.2 Å². The van der Waals surface area contributed by atoms with Gasteiger partial charge in [-0.3, -0.25) is 4.79 Å². The predicted molar refractivity (Wildman–Crippen MR) is 72.3 cm³/mol. The highest BCUT2D eigenvalue weighted by Crippen LogP contribution is 2.15. The van der Waals surface area contributed by atoms with Crippen LogP contribution in [-0.2, 0) is 4.79 Å². The quantitative estimate of drug-likeness (QED) is 0.764. The maximum atomic E-state index is 11.9. The van der Waals surface area contributed by atoms with Crippen molar-refractivity contribution in [2.24, 2.45) is 11.5 Å². The van der Waals surface area contributed by atoms with E-state index in [2.05, 4.69) is 17.0 Å². The molecule has 0 saturated carbocycles. The van der Waals surface area contributed by atoms with E-state index in [0.29, 0.717) is 13.1 Å². The summed E-state index contributed by atoms with van der Waals surface area (Å²) in [6, 6.07) is 9.66. The number of carbonyl (C=O) groups is 1. The van der Waals surface area contributed by atoms with Gasteiger partial charge < -0.3 is 21.3 Å². The fraction of sp³-hybridized carbons (Fsp3) is 0.462. The maximum Gasteiger partial charge on any atom is 0.240 e. The summed E-state index contributed by atoms with van der Waals surface area (Å²) in [5, 5.41) is 0. The minimum absolute atomic E-state index is 0.0368. The summed E-state index contributed by atoms with van der Waals surface area (Å²) >= 11 is 0. The highest BCUT2D eigenvalue weighted by molar-refractivity contribution is 5.82. The fourth-order valence-electron chi connectivity index (χ4n) is 2.16. The van der Waals surface area contributed by atoms with Crippen LogP contribution >= 0.6 is 0 Å². The second-order valence-corrected chi connectivity index (χ2v) is 4.49. The van der Waals surface area contributed by atoms with E-state index in [1.54, 1.807) is 4.90 Å². The molecule has 0 aromatic heterocycles. The number of para-hydroxylation sites is 1.